The van der Waals surface area contributed by atoms with Gasteiger partial charge in [-0.15, -0.1) is 0 Å². The predicted molar refractivity (Wildman–Crippen MR) is 121 cm³/mol. The van der Waals surface area contributed by atoms with Gasteiger partial charge in [-0.2, -0.15) is 0 Å². The first kappa shape index (κ1) is 23.1. The topological polar surface area (TPSA) is 78.5 Å². The average Bonchev–Trinajstić information content (AvgIpc) is 2.93. The van der Waals surface area contributed by atoms with E-state index >= 15 is 0 Å². The molecule has 0 saturated carbocycles. The highest BCUT2D eigenvalue weighted by Crippen LogP contribution is 2.33. The summed E-state index contributed by atoms with van der Waals surface area (Å²) in [4.78, 5) is 39.3. The van der Waals surface area contributed by atoms with Crippen LogP contribution >= 0.6 is 23.2 Å². The van der Waals surface area contributed by atoms with E-state index in [0.29, 0.717) is 16.5 Å². The highest BCUT2D eigenvalue weighted by atomic mass is 35.5. The maximum atomic E-state index is 13.1. The van der Waals surface area contributed by atoms with Crippen LogP contribution in [0.5, 0.6) is 0 Å². The van der Waals surface area contributed by atoms with Crippen molar-refractivity contribution >= 4 is 41.0 Å². The minimum Gasteiger partial charge on any atom is -0.348 e. The molecule has 1 fully saturated rings. The Hall–Kier alpha value is -2.57. The molecule has 31 heavy (non-hydrogen) atoms. The van der Waals surface area contributed by atoms with Crippen molar-refractivity contribution in [2.75, 3.05) is 6.54 Å². The second-order valence-electron chi connectivity index (χ2n) is 8.24. The Morgan fingerprint density at radius 2 is 1.77 bits per heavy atom. The SMILES string of the molecule is CC(C)CC(NC(=O)CN1C(=O)NC(C)(c2ccc(Cl)c(Cl)c2)C1=O)c1ccccc1. The second kappa shape index (κ2) is 9.28. The zero-order valence-electron chi connectivity index (χ0n) is 17.6. The van der Waals surface area contributed by atoms with Gasteiger partial charge in [-0.3, -0.25) is 14.5 Å². The number of amides is 4. The molecule has 2 N–H and O–H groups in total. The van der Waals surface area contributed by atoms with Gasteiger partial charge in [0.05, 0.1) is 16.1 Å². The first-order valence-corrected chi connectivity index (χ1v) is 10.8. The Morgan fingerprint density at radius 1 is 1.10 bits per heavy atom. The number of hydrogen-bond donors (Lipinski definition) is 2. The third-order valence-corrected chi connectivity index (χ3v) is 6.06. The van der Waals surface area contributed by atoms with E-state index in [0.717, 1.165) is 16.9 Å². The van der Waals surface area contributed by atoms with E-state index in [-0.39, 0.29) is 17.6 Å². The van der Waals surface area contributed by atoms with Gasteiger partial charge < -0.3 is 10.6 Å². The van der Waals surface area contributed by atoms with Gasteiger partial charge in [0.2, 0.25) is 5.91 Å². The molecule has 2 atom stereocenters. The summed E-state index contributed by atoms with van der Waals surface area (Å²) in [6, 6.07) is 13.5. The van der Waals surface area contributed by atoms with E-state index in [4.69, 9.17) is 23.2 Å². The molecule has 1 aliphatic rings. The zero-order chi connectivity index (χ0) is 22.8. The number of rotatable bonds is 7. The fourth-order valence-electron chi connectivity index (χ4n) is 3.66. The summed E-state index contributed by atoms with van der Waals surface area (Å²) in [6.07, 6.45) is 0.733. The van der Waals surface area contributed by atoms with Crippen molar-refractivity contribution in [1.29, 1.82) is 0 Å². The molecule has 1 heterocycles. The molecule has 3 rings (SSSR count). The number of halogens is 2. The highest BCUT2D eigenvalue weighted by Gasteiger charge is 2.49. The molecular formula is C23H25Cl2N3O3. The fourth-order valence-corrected chi connectivity index (χ4v) is 3.96. The minimum absolute atomic E-state index is 0.212. The zero-order valence-corrected chi connectivity index (χ0v) is 19.1. The molecule has 0 radical (unpaired) electrons. The number of urea groups is 1. The molecule has 2 aromatic rings. The number of hydrogen-bond acceptors (Lipinski definition) is 3. The predicted octanol–water partition coefficient (Wildman–Crippen LogP) is 4.66. The molecule has 1 aliphatic heterocycles. The van der Waals surface area contributed by atoms with Gasteiger partial charge >= 0.3 is 6.03 Å². The molecule has 8 heteroatoms. The van der Waals surface area contributed by atoms with Crippen molar-refractivity contribution in [3.8, 4) is 0 Å². The fraction of sp³-hybridized carbons (Fsp3) is 0.348. The normalized spacial score (nSPS) is 19.5. The summed E-state index contributed by atoms with van der Waals surface area (Å²) in [5.74, 6) is -0.581. The van der Waals surface area contributed by atoms with E-state index in [2.05, 4.69) is 24.5 Å². The Labute approximate surface area is 191 Å². The van der Waals surface area contributed by atoms with Gasteiger partial charge in [-0.25, -0.2) is 4.79 Å². The minimum atomic E-state index is -1.33. The smallest absolute Gasteiger partial charge is 0.325 e. The lowest BCUT2D eigenvalue weighted by Gasteiger charge is -2.24. The van der Waals surface area contributed by atoms with Crippen LogP contribution in [0.15, 0.2) is 48.5 Å². The molecule has 6 nitrogen and oxygen atoms in total. The largest absolute Gasteiger partial charge is 0.348 e. The Morgan fingerprint density at radius 3 is 2.39 bits per heavy atom. The summed E-state index contributed by atoms with van der Waals surface area (Å²) in [6.45, 7) is 5.35. The van der Waals surface area contributed by atoms with Crippen molar-refractivity contribution in [3.63, 3.8) is 0 Å². The van der Waals surface area contributed by atoms with Crippen LogP contribution < -0.4 is 10.6 Å². The lowest BCUT2D eigenvalue weighted by molar-refractivity contribution is -0.135. The first-order valence-electron chi connectivity index (χ1n) is 10.1. The number of carbonyl (C=O) groups excluding carboxylic acids is 3. The molecular weight excluding hydrogens is 437 g/mol. The number of benzene rings is 2. The highest BCUT2D eigenvalue weighted by molar-refractivity contribution is 6.42. The summed E-state index contributed by atoms with van der Waals surface area (Å²) in [7, 11) is 0. The van der Waals surface area contributed by atoms with E-state index in [1.807, 2.05) is 30.3 Å². The maximum absolute atomic E-state index is 13.1. The lowest BCUT2D eigenvalue weighted by atomic mass is 9.92. The monoisotopic (exact) mass is 461 g/mol. The Bertz CT molecular complexity index is 997. The molecule has 2 aromatic carbocycles. The van der Waals surface area contributed by atoms with Gasteiger partial charge in [-0.05, 0) is 42.5 Å². The first-order chi connectivity index (χ1) is 14.6. The number of carbonyl (C=O) groups is 3. The summed E-state index contributed by atoms with van der Waals surface area (Å²) in [5, 5.41) is 6.26. The van der Waals surface area contributed by atoms with Crippen LogP contribution in [0.3, 0.4) is 0 Å². The van der Waals surface area contributed by atoms with Crippen molar-refractivity contribution in [2.45, 2.75) is 38.8 Å². The Balaban J connectivity index is 1.75. The van der Waals surface area contributed by atoms with Crippen LogP contribution in [-0.2, 0) is 15.1 Å². The van der Waals surface area contributed by atoms with Crippen molar-refractivity contribution in [2.24, 2.45) is 5.92 Å². The molecule has 0 aromatic heterocycles. The van der Waals surface area contributed by atoms with Gasteiger partial charge in [-0.1, -0.05) is 73.4 Å². The molecule has 164 valence electrons. The maximum Gasteiger partial charge on any atom is 0.325 e. The van der Waals surface area contributed by atoms with Crippen molar-refractivity contribution in [3.05, 3.63) is 69.7 Å². The average molecular weight is 462 g/mol. The summed E-state index contributed by atoms with van der Waals surface area (Å²) in [5.41, 5.74) is 0.134. The van der Waals surface area contributed by atoms with Gasteiger partial charge in [0.25, 0.3) is 5.91 Å². The van der Waals surface area contributed by atoms with E-state index in [1.54, 1.807) is 25.1 Å². The number of imide groups is 1. The van der Waals surface area contributed by atoms with Crippen LogP contribution in [0, 0.1) is 5.92 Å². The lowest BCUT2D eigenvalue weighted by Crippen LogP contribution is -2.44. The van der Waals surface area contributed by atoms with Crippen LogP contribution in [0.25, 0.3) is 0 Å². The number of nitrogens with one attached hydrogen (secondary N) is 2. The van der Waals surface area contributed by atoms with Gasteiger partial charge in [0, 0.05) is 0 Å². The van der Waals surface area contributed by atoms with Gasteiger partial charge in [0.1, 0.15) is 12.1 Å². The van der Waals surface area contributed by atoms with Crippen molar-refractivity contribution in [1.82, 2.24) is 15.5 Å². The number of nitrogens with zero attached hydrogens (tertiary/aromatic N) is 1. The van der Waals surface area contributed by atoms with Crippen LogP contribution in [0.4, 0.5) is 4.79 Å². The molecule has 0 aliphatic carbocycles. The van der Waals surface area contributed by atoms with Crippen LogP contribution in [-0.4, -0.2) is 29.3 Å². The molecule has 0 bridgehead atoms. The third-order valence-electron chi connectivity index (χ3n) is 5.32. The quantitative estimate of drug-likeness (QED) is 0.588. The standard InChI is InChI=1S/C23H25Cl2N3O3/c1-14(2)11-19(15-7-5-4-6-8-15)26-20(29)13-28-21(30)23(3,27-22(28)31)16-9-10-17(24)18(25)12-16/h4-10,12,14,19H,11,13H2,1-3H3,(H,26,29)(H,27,31). The Kier molecular flexibility index (Phi) is 6.92. The molecule has 4 amide bonds. The molecule has 0 spiro atoms. The van der Waals surface area contributed by atoms with E-state index < -0.39 is 23.4 Å². The molecule has 1 saturated heterocycles. The van der Waals surface area contributed by atoms with E-state index in [9.17, 15) is 14.4 Å². The third kappa shape index (κ3) is 5.02. The molecule has 2 unspecified atom stereocenters. The summed E-state index contributed by atoms with van der Waals surface area (Å²) < 4.78 is 0. The van der Waals surface area contributed by atoms with Crippen molar-refractivity contribution < 1.29 is 14.4 Å². The van der Waals surface area contributed by atoms with Crippen LogP contribution in [0.2, 0.25) is 10.0 Å². The summed E-state index contributed by atoms with van der Waals surface area (Å²) >= 11 is 12.0. The van der Waals surface area contributed by atoms with Gasteiger partial charge in [0.15, 0.2) is 0 Å². The van der Waals surface area contributed by atoms with Crippen LogP contribution in [0.1, 0.15) is 44.4 Å². The van der Waals surface area contributed by atoms with E-state index in [1.165, 1.54) is 0 Å². The second-order valence-corrected chi connectivity index (χ2v) is 9.05.